The van der Waals surface area contributed by atoms with Crippen molar-refractivity contribution < 1.29 is 4.42 Å². The van der Waals surface area contributed by atoms with Crippen LogP contribution >= 0.6 is 39.3 Å². The molecular formula is C29H17BrClN3O2S. The zero-order valence-corrected chi connectivity index (χ0v) is 22.3. The molecule has 2 heterocycles. The van der Waals surface area contributed by atoms with Crippen LogP contribution in [0.5, 0.6) is 0 Å². The lowest BCUT2D eigenvalue weighted by Gasteiger charge is -2.08. The third kappa shape index (κ3) is 4.85. The van der Waals surface area contributed by atoms with Gasteiger partial charge < -0.3 is 4.42 Å². The minimum absolute atomic E-state index is 0.277. The molecule has 5 nitrogen and oxygen atoms in total. The summed E-state index contributed by atoms with van der Waals surface area (Å²) >= 11 is 11.1. The molecule has 6 rings (SSSR count). The van der Waals surface area contributed by atoms with Crippen molar-refractivity contribution in [1.82, 2.24) is 9.66 Å². The first-order valence-electron chi connectivity index (χ1n) is 11.3. The summed E-state index contributed by atoms with van der Waals surface area (Å²) in [4.78, 5) is 20.4. The number of benzene rings is 4. The van der Waals surface area contributed by atoms with Crippen LogP contribution < -0.4 is 5.56 Å². The van der Waals surface area contributed by atoms with Crippen molar-refractivity contribution in [3.8, 4) is 11.6 Å². The second-order valence-corrected chi connectivity index (χ2v) is 10.7. The normalized spacial score (nSPS) is 11.6. The molecule has 0 spiro atoms. The summed E-state index contributed by atoms with van der Waals surface area (Å²) in [5.74, 6) is 0.784. The Hall–Kier alpha value is -3.65. The third-order valence-corrected chi connectivity index (χ3v) is 7.57. The van der Waals surface area contributed by atoms with Crippen molar-refractivity contribution in [2.24, 2.45) is 5.10 Å². The van der Waals surface area contributed by atoms with Crippen molar-refractivity contribution in [3.63, 3.8) is 0 Å². The van der Waals surface area contributed by atoms with E-state index in [1.807, 2.05) is 91.0 Å². The van der Waals surface area contributed by atoms with Crippen LogP contribution in [0, 0.1) is 0 Å². The molecule has 37 heavy (non-hydrogen) atoms. The molecule has 6 aromatic rings. The number of hydrogen-bond donors (Lipinski definition) is 0. The van der Waals surface area contributed by atoms with Gasteiger partial charge in [0.05, 0.1) is 17.1 Å². The summed E-state index contributed by atoms with van der Waals surface area (Å²) in [5.41, 5.74) is 1.86. The smallest absolute Gasteiger partial charge is 0.282 e. The van der Waals surface area contributed by atoms with Crippen molar-refractivity contribution in [3.05, 3.63) is 122 Å². The topological polar surface area (TPSA) is 60.4 Å². The molecule has 0 N–H and O–H groups in total. The maximum absolute atomic E-state index is 13.6. The van der Waals surface area contributed by atoms with Crippen LogP contribution in [0.2, 0.25) is 5.02 Å². The van der Waals surface area contributed by atoms with Gasteiger partial charge in [-0.15, -0.1) is 0 Å². The SMILES string of the molecule is O=c1c2ccccc2nc(-c2cc3cc(Br)ccc3o2)n1N=Cc1ccccc1Sc1ccc(Cl)cc1. The number of fused-ring (bicyclic) bond motifs is 2. The Balaban J connectivity index is 1.47. The number of para-hydroxylation sites is 1. The van der Waals surface area contributed by atoms with Gasteiger partial charge in [-0.3, -0.25) is 4.79 Å². The molecule has 0 bridgehead atoms. The van der Waals surface area contributed by atoms with Gasteiger partial charge >= 0.3 is 0 Å². The summed E-state index contributed by atoms with van der Waals surface area (Å²) < 4.78 is 8.32. The van der Waals surface area contributed by atoms with Gasteiger partial charge in [-0.1, -0.05) is 69.6 Å². The van der Waals surface area contributed by atoms with E-state index in [1.54, 1.807) is 24.0 Å². The van der Waals surface area contributed by atoms with E-state index in [1.165, 1.54) is 4.68 Å². The molecule has 0 unspecified atom stereocenters. The fraction of sp³-hybridized carbons (Fsp3) is 0. The highest BCUT2D eigenvalue weighted by atomic mass is 79.9. The maximum Gasteiger partial charge on any atom is 0.282 e. The highest BCUT2D eigenvalue weighted by Gasteiger charge is 2.17. The summed E-state index contributed by atoms with van der Waals surface area (Å²) in [6, 6.07) is 30.4. The highest BCUT2D eigenvalue weighted by molar-refractivity contribution is 9.10. The van der Waals surface area contributed by atoms with Crippen LogP contribution in [0.3, 0.4) is 0 Å². The molecule has 0 radical (unpaired) electrons. The number of furan rings is 1. The predicted octanol–water partition coefficient (Wildman–Crippen LogP) is 8.26. The Morgan fingerprint density at radius 1 is 0.946 bits per heavy atom. The van der Waals surface area contributed by atoms with Crippen LogP contribution in [0.25, 0.3) is 33.5 Å². The first-order chi connectivity index (χ1) is 18.0. The number of hydrogen-bond acceptors (Lipinski definition) is 5. The molecule has 0 amide bonds. The highest BCUT2D eigenvalue weighted by Crippen LogP contribution is 2.31. The maximum atomic E-state index is 13.6. The van der Waals surface area contributed by atoms with E-state index in [9.17, 15) is 4.79 Å². The molecule has 0 saturated carbocycles. The summed E-state index contributed by atoms with van der Waals surface area (Å²) in [6.45, 7) is 0. The number of rotatable bonds is 5. The predicted molar refractivity (Wildman–Crippen MR) is 154 cm³/mol. The Labute approximate surface area is 229 Å². The number of halogens is 2. The second kappa shape index (κ2) is 10.0. The Kier molecular flexibility index (Phi) is 6.42. The number of nitrogens with zero attached hydrogens (tertiary/aromatic N) is 3. The van der Waals surface area contributed by atoms with E-state index in [0.717, 1.165) is 25.2 Å². The molecular weight excluding hydrogens is 570 g/mol. The van der Waals surface area contributed by atoms with Crippen molar-refractivity contribution >= 4 is 67.4 Å². The molecule has 0 aliphatic carbocycles. The molecule has 0 saturated heterocycles. The average molecular weight is 587 g/mol. The average Bonchev–Trinajstić information content (AvgIpc) is 3.33. The van der Waals surface area contributed by atoms with Gasteiger partial charge in [-0.05, 0) is 66.7 Å². The van der Waals surface area contributed by atoms with Gasteiger partial charge in [0.1, 0.15) is 5.58 Å². The van der Waals surface area contributed by atoms with Gasteiger partial charge in [0, 0.05) is 30.2 Å². The van der Waals surface area contributed by atoms with Crippen molar-refractivity contribution in [1.29, 1.82) is 0 Å². The largest absolute Gasteiger partial charge is 0.453 e. The minimum atomic E-state index is -0.277. The van der Waals surface area contributed by atoms with Gasteiger partial charge in [0.15, 0.2) is 5.76 Å². The van der Waals surface area contributed by atoms with E-state index in [2.05, 4.69) is 21.0 Å². The summed E-state index contributed by atoms with van der Waals surface area (Å²) in [6.07, 6.45) is 1.68. The van der Waals surface area contributed by atoms with Crippen LogP contribution in [-0.2, 0) is 0 Å². The molecule has 0 aliphatic rings. The fourth-order valence-electron chi connectivity index (χ4n) is 3.94. The fourth-order valence-corrected chi connectivity index (χ4v) is 5.36. The lowest BCUT2D eigenvalue weighted by atomic mass is 10.2. The first kappa shape index (κ1) is 23.7. The molecule has 0 atom stereocenters. The monoisotopic (exact) mass is 585 g/mol. The summed E-state index contributed by atoms with van der Waals surface area (Å²) in [7, 11) is 0. The van der Waals surface area contributed by atoms with Crippen molar-refractivity contribution in [2.75, 3.05) is 0 Å². The lowest BCUT2D eigenvalue weighted by molar-refractivity contribution is 0.616. The van der Waals surface area contributed by atoms with Crippen LogP contribution in [-0.4, -0.2) is 15.9 Å². The van der Waals surface area contributed by atoms with E-state index < -0.39 is 0 Å². The zero-order valence-electron chi connectivity index (χ0n) is 19.1. The Morgan fingerprint density at radius 2 is 1.73 bits per heavy atom. The first-order valence-corrected chi connectivity index (χ1v) is 13.3. The van der Waals surface area contributed by atoms with E-state index in [4.69, 9.17) is 21.0 Å². The number of aromatic nitrogens is 2. The van der Waals surface area contributed by atoms with Crippen LogP contribution in [0.15, 0.2) is 126 Å². The standard InChI is InChI=1S/C29H17BrClN3O2S/c30-20-9-14-25-19(15-20)16-26(36-25)28-33-24-7-3-2-6-23(24)29(35)34(28)32-17-18-5-1-4-8-27(18)37-22-12-10-21(31)11-13-22/h1-17H. The van der Waals surface area contributed by atoms with Gasteiger partial charge in [-0.2, -0.15) is 9.78 Å². The van der Waals surface area contributed by atoms with Crippen molar-refractivity contribution in [2.45, 2.75) is 9.79 Å². The molecule has 2 aromatic heterocycles. The second-order valence-electron chi connectivity index (χ2n) is 8.20. The molecule has 8 heteroatoms. The van der Waals surface area contributed by atoms with Gasteiger partial charge in [0.2, 0.25) is 5.82 Å². The van der Waals surface area contributed by atoms with Gasteiger partial charge in [0.25, 0.3) is 5.56 Å². The van der Waals surface area contributed by atoms with E-state index in [-0.39, 0.29) is 5.56 Å². The Bertz CT molecular complexity index is 1860. The molecule has 4 aromatic carbocycles. The van der Waals surface area contributed by atoms with E-state index >= 15 is 0 Å². The Morgan fingerprint density at radius 3 is 2.59 bits per heavy atom. The minimum Gasteiger partial charge on any atom is -0.453 e. The molecule has 0 aliphatic heterocycles. The summed E-state index contributed by atoms with van der Waals surface area (Å²) in [5, 5.41) is 6.68. The van der Waals surface area contributed by atoms with E-state index in [0.29, 0.717) is 33.1 Å². The van der Waals surface area contributed by atoms with Crippen LogP contribution in [0.4, 0.5) is 0 Å². The van der Waals surface area contributed by atoms with Crippen LogP contribution in [0.1, 0.15) is 5.56 Å². The lowest BCUT2D eigenvalue weighted by Crippen LogP contribution is -2.20. The zero-order chi connectivity index (χ0) is 25.4. The van der Waals surface area contributed by atoms with Gasteiger partial charge in [-0.25, -0.2) is 4.98 Å². The molecule has 180 valence electrons. The third-order valence-electron chi connectivity index (χ3n) is 5.73. The quantitative estimate of drug-likeness (QED) is 0.191. The molecule has 0 fully saturated rings.